The number of nitrogens with zero attached hydrogens (tertiary/aromatic N) is 1. The summed E-state index contributed by atoms with van der Waals surface area (Å²) < 4.78 is 0. The van der Waals surface area contributed by atoms with Crippen LogP contribution in [0.1, 0.15) is 39.5 Å². The molecule has 4 heteroatoms. The average molecular weight is 288 g/mol. The molecule has 1 aromatic heterocycles. The summed E-state index contributed by atoms with van der Waals surface area (Å²) in [4.78, 5) is 7.81. The lowest BCUT2D eigenvalue weighted by Crippen LogP contribution is -2.31. The van der Waals surface area contributed by atoms with Crippen LogP contribution in [-0.2, 0) is 0 Å². The molecule has 116 valence electrons. The molecule has 2 heterocycles. The number of hydrogen-bond acceptors (Lipinski definition) is 3. The Morgan fingerprint density at radius 1 is 1.14 bits per heavy atom. The second-order valence-electron chi connectivity index (χ2n) is 5.68. The van der Waals surface area contributed by atoms with E-state index < -0.39 is 0 Å². The molecule has 0 atom stereocenters. The summed E-state index contributed by atoms with van der Waals surface area (Å²) in [6.07, 6.45) is 5.15. The molecular formula is C17H28N4. The first kappa shape index (κ1) is 15.8. The highest BCUT2D eigenvalue weighted by atomic mass is 15.1. The van der Waals surface area contributed by atoms with E-state index in [2.05, 4.69) is 40.5 Å². The minimum Gasteiger partial charge on any atom is -0.356 e. The van der Waals surface area contributed by atoms with E-state index in [-0.39, 0.29) is 0 Å². The molecule has 3 rings (SSSR count). The molecule has 1 saturated heterocycles. The molecule has 0 bridgehead atoms. The van der Waals surface area contributed by atoms with Crippen molar-refractivity contribution in [3.63, 3.8) is 0 Å². The third-order valence-electron chi connectivity index (χ3n) is 3.91. The number of hydrogen-bond donors (Lipinski definition) is 3. The van der Waals surface area contributed by atoms with Gasteiger partial charge in [-0.15, -0.1) is 0 Å². The summed E-state index contributed by atoms with van der Waals surface area (Å²) in [5, 5.41) is 6.79. The predicted octanol–water partition coefficient (Wildman–Crippen LogP) is 3.78. The lowest BCUT2D eigenvalue weighted by molar-refractivity contribution is 0.389. The van der Waals surface area contributed by atoms with Crippen molar-refractivity contribution in [1.82, 2.24) is 15.3 Å². The van der Waals surface area contributed by atoms with Gasteiger partial charge in [0, 0.05) is 6.54 Å². The van der Waals surface area contributed by atoms with E-state index in [0.717, 1.165) is 42.5 Å². The first-order chi connectivity index (χ1) is 10.3. The summed E-state index contributed by atoms with van der Waals surface area (Å²) in [6.45, 7) is 7.67. The first-order valence-corrected chi connectivity index (χ1v) is 8.22. The average Bonchev–Trinajstić information content (AvgIpc) is 2.97. The molecule has 0 aliphatic carbocycles. The van der Waals surface area contributed by atoms with Crippen LogP contribution >= 0.6 is 0 Å². The number of H-pyrrole nitrogens is 1. The van der Waals surface area contributed by atoms with Gasteiger partial charge in [0.1, 0.15) is 0 Å². The molecule has 1 aromatic carbocycles. The molecule has 1 aliphatic rings. The fourth-order valence-corrected chi connectivity index (χ4v) is 2.36. The smallest absolute Gasteiger partial charge is 0.201 e. The van der Waals surface area contributed by atoms with Crippen molar-refractivity contribution in [3.8, 4) is 0 Å². The number of benzene rings is 1. The summed E-state index contributed by atoms with van der Waals surface area (Å²) in [5.74, 6) is 1.66. The van der Waals surface area contributed by atoms with E-state index in [1.54, 1.807) is 0 Å². The van der Waals surface area contributed by atoms with Crippen LogP contribution in [-0.4, -0.2) is 29.6 Å². The Bertz CT molecular complexity index is 479. The molecule has 0 saturated carbocycles. The van der Waals surface area contributed by atoms with E-state index in [0.29, 0.717) is 0 Å². The van der Waals surface area contributed by atoms with E-state index in [9.17, 15) is 0 Å². The number of anilines is 1. The maximum Gasteiger partial charge on any atom is 0.201 e. The van der Waals surface area contributed by atoms with Gasteiger partial charge in [-0.25, -0.2) is 4.98 Å². The zero-order valence-electron chi connectivity index (χ0n) is 13.3. The van der Waals surface area contributed by atoms with Gasteiger partial charge >= 0.3 is 0 Å². The number of piperidine rings is 1. The third kappa shape index (κ3) is 5.05. The quantitative estimate of drug-likeness (QED) is 0.802. The minimum absolute atomic E-state index is 0.768. The topological polar surface area (TPSA) is 52.7 Å². The van der Waals surface area contributed by atoms with Crippen LogP contribution in [0.15, 0.2) is 24.3 Å². The van der Waals surface area contributed by atoms with Crippen LogP contribution in [0.5, 0.6) is 0 Å². The number of imidazole rings is 1. The number of aromatic amines is 1. The summed E-state index contributed by atoms with van der Waals surface area (Å²) >= 11 is 0. The van der Waals surface area contributed by atoms with Gasteiger partial charge in [-0.1, -0.05) is 38.8 Å². The third-order valence-corrected chi connectivity index (χ3v) is 3.91. The maximum absolute atomic E-state index is 4.51. The largest absolute Gasteiger partial charge is 0.356 e. The van der Waals surface area contributed by atoms with Crippen molar-refractivity contribution < 1.29 is 0 Å². The molecule has 0 radical (unpaired) electrons. The Kier molecular flexibility index (Phi) is 6.54. The molecule has 4 nitrogen and oxygen atoms in total. The second-order valence-corrected chi connectivity index (χ2v) is 5.68. The number of para-hydroxylation sites is 2. The van der Waals surface area contributed by atoms with Crippen LogP contribution in [0.25, 0.3) is 11.0 Å². The Labute approximate surface area is 127 Å². The molecule has 3 N–H and O–H groups in total. The van der Waals surface area contributed by atoms with Crippen molar-refractivity contribution >= 4 is 17.0 Å². The number of unbranched alkanes of at least 4 members (excludes halogenated alkanes) is 1. The normalized spacial score (nSPS) is 15.5. The molecule has 0 unspecified atom stereocenters. The molecule has 1 fully saturated rings. The summed E-state index contributed by atoms with van der Waals surface area (Å²) in [7, 11) is 0. The van der Waals surface area contributed by atoms with Gasteiger partial charge in [0.05, 0.1) is 11.0 Å². The van der Waals surface area contributed by atoms with E-state index >= 15 is 0 Å². The molecular weight excluding hydrogens is 260 g/mol. The molecule has 1 aliphatic heterocycles. The highest BCUT2D eigenvalue weighted by molar-refractivity contribution is 5.77. The van der Waals surface area contributed by atoms with Gasteiger partial charge in [0.25, 0.3) is 0 Å². The van der Waals surface area contributed by atoms with Gasteiger partial charge in [-0.3, -0.25) is 0 Å². The minimum atomic E-state index is 0.768. The zero-order valence-corrected chi connectivity index (χ0v) is 13.3. The van der Waals surface area contributed by atoms with Crippen molar-refractivity contribution in [3.05, 3.63) is 24.3 Å². The van der Waals surface area contributed by atoms with E-state index in [4.69, 9.17) is 0 Å². The van der Waals surface area contributed by atoms with Crippen molar-refractivity contribution in [2.24, 2.45) is 5.92 Å². The monoisotopic (exact) mass is 288 g/mol. The van der Waals surface area contributed by atoms with Crippen molar-refractivity contribution in [1.29, 1.82) is 0 Å². The molecule has 2 aromatic rings. The Morgan fingerprint density at radius 2 is 1.86 bits per heavy atom. The van der Waals surface area contributed by atoms with Crippen molar-refractivity contribution in [2.75, 3.05) is 25.0 Å². The fourth-order valence-electron chi connectivity index (χ4n) is 2.36. The van der Waals surface area contributed by atoms with E-state index in [1.165, 1.54) is 25.7 Å². The van der Waals surface area contributed by atoms with Crippen molar-refractivity contribution in [2.45, 2.75) is 39.5 Å². The maximum atomic E-state index is 4.51. The highest BCUT2D eigenvalue weighted by Crippen LogP contribution is 2.15. The number of fused-ring (bicyclic) bond motifs is 1. The van der Waals surface area contributed by atoms with Gasteiger partial charge in [-0.2, -0.15) is 0 Å². The zero-order chi connectivity index (χ0) is 14.9. The van der Waals surface area contributed by atoms with Crippen LogP contribution < -0.4 is 10.6 Å². The first-order valence-electron chi connectivity index (χ1n) is 8.22. The second kappa shape index (κ2) is 8.67. The van der Waals surface area contributed by atoms with E-state index in [1.807, 2.05) is 18.2 Å². The molecule has 0 amide bonds. The van der Waals surface area contributed by atoms with Gasteiger partial charge in [0.15, 0.2) is 0 Å². The van der Waals surface area contributed by atoms with Crippen LogP contribution in [0.4, 0.5) is 5.95 Å². The molecule has 0 spiro atoms. The Morgan fingerprint density at radius 3 is 2.52 bits per heavy atom. The van der Waals surface area contributed by atoms with Gasteiger partial charge < -0.3 is 15.6 Å². The molecule has 21 heavy (non-hydrogen) atoms. The fraction of sp³-hybridized carbons (Fsp3) is 0.588. The Balaban J connectivity index is 0.000000361. The Hall–Kier alpha value is -1.55. The number of nitrogens with one attached hydrogen (secondary N) is 3. The summed E-state index contributed by atoms with van der Waals surface area (Å²) in [6, 6.07) is 8.12. The van der Waals surface area contributed by atoms with Crippen LogP contribution in [0.2, 0.25) is 0 Å². The number of rotatable bonds is 4. The number of aromatic nitrogens is 2. The lowest BCUT2D eigenvalue weighted by atomic mass is 9.98. The van der Waals surface area contributed by atoms with Gasteiger partial charge in [-0.05, 0) is 44.0 Å². The van der Waals surface area contributed by atoms with Crippen LogP contribution in [0.3, 0.4) is 0 Å². The van der Waals surface area contributed by atoms with Gasteiger partial charge in [0.2, 0.25) is 5.95 Å². The SMILES string of the molecule is CCCC.c1ccc2[nH]c(NCC3CCNCC3)nc2c1. The lowest BCUT2D eigenvalue weighted by Gasteiger charge is -2.22. The van der Waals surface area contributed by atoms with Crippen LogP contribution in [0, 0.1) is 5.92 Å². The summed E-state index contributed by atoms with van der Waals surface area (Å²) in [5.41, 5.74) is 2.13. The standard InChI is InChI=1S/C13H18N4.C4H10/c1-2-4-12-11(3-1)16-13(17-12)15-9-10-5-7-14-8-6-10;1-3-4-2/h1-4,10,14H,5-9H2,(H2,15,16,17);3-4H2,1-2H3. The highest BCUT2D eigenvalue weighted by Gasteiger charge is 2.13. The predicted molar refractivity (Wildman–Crippen MR) is 90.8 cm³/mol.